The lowest BCUT2D eigenvalue weighted by molar-refractivity contribution is -0.122. The van der Waals surface area contributed by atoms with E-state index in [1.807, 2.05) is 62.4 Å². The molecule has 1 amide bonds. The van der Waals surface area contributed by atoms with Crippen LogP contribution in [0.3, 0.4) is 0 Å². The monoisotopic (exact) mass is 454 g/mol. The van der Waals surface area contributed by atoms with Crippen LogP contribution in [0.4, 0.5) is 5.69 Å². The molecule has 0 saturated heterocycles. The Morgan fingerprint density at radius 2 is 1.75 bits per heavy atom. The van der Waals surface area contributed by atoms with E-state index in [0.29, 0.717) is 12.1 Å². The molecule has 1 atom stereocenters. The van der Waals surface area contributed by atoms with E-state index in [1.165, 1.54) is 4.31 Å². The smallest absolute Gasteiger partial charge is 0.244 e. The average Bonchev–Trinajstić information content (AvgIpc) is 2.76. The lowest BCUT2D eigenvalue weighted by Gasteiger charge is -2.30. The third kappa shape index (κ3) is 5.40. The molecule has 0 aliphatic heterocycles. The summed E-state index contributed by atoms with van der Waals surface area (Å²) >= 11 is 0. The van der Waals surface area contributed by atoms with E-state index >= 15 is 0 Å². The summed E-state index contributed by atoms with van der Waals surface area (Å²) in [4.78, 5) is 12.9. The molecule has 0 radical (unpaired) electrons. The van der Waals surface area contributed by atoms with Crippen LogP contribution in [0.15, 0.2) is 60.7 Å². The van der Waals surface area contributed by atoms with Gasteiger partial charge < -0.3 is 10.1 Å². The molecular weight excluding hydrogens is 424 g/mol. The predicted molar refractivity (Wildman–Crippen MR) is 130 cm³/mol. The molecule has 0 bridgehead atoms. The lowest BCUT2D eigenvalue weighted by atomic mass is 10.1. The van der Waals surface area contributed by atoms with Crippen molar-refractivity contribution in [3.05, 3.63) is 71.8 Å². The average molecular weight is 455 g/mol. The number of carbonyl (C=O) groups excluding carboxylic acids is 1. The van der Waals surface area contributed by atoms with Crippen molar-refractivity contribution in [3.8, 4) is 5.75 Å². The molecule has 0 aliphatic carbocycles. The van der Waals surface area contributed by atoms with Gasteiger partial charge in [-0.3, -0.25) is 9.10 Å². The number of ether oxygens (including phenoxy) is 1. The van der Waals surface area contributed by atoms with Crippen molar-refractivity contribution in [1.82, 2.24) is 5.32 Å². The highest BCUT2D eigenvalue weighted by molar-refractivity contribution is 7.92. The van der Waals surface area contributed by atoms with Crippen LogP contribution in [-0.2, 0) is 14.8 Å². The first-order chi connectivity index (χ1) is 15.2. The number of rotatable bonds is 9. The molecular formula is C25H30N2O4S. The maximum atomic E-state index is 12.9. The summed E-state index contributed by atoms with van der Waals surface area (Å²) in [5, 5.41) is 4.92. The Bertz CT molecular complexity index is 1200. The number of nitrogens with zero attached hydrogens (tertiary/aromatic N) is 1. The van der Waals surface area contributed by atoms with E-state index < -0.39 is 16.1 Å². The zero-order chi connectivity index (χ0) is 23.3. The maximum absolute atomic E-state index is 12.9. The SMILES string of the molecule is CC[C@H](C(=O)NCCOc1cccc2ccccc12)N(c1ccc(C)c(C)c1)S(C)(=O)=O. The summed E-state index contributed by atoms with van der Waals surface area (Å²) in [6.07, 6.45) is 1.47. The molecule has 0 heterocycles. The van der Waals surface area contributed by atoms with Gasteiger partial charge in [-0.25, -0.2) is 8.42 Å². The summed E-state index contributed by atoms with van der Waals surface area (Å²) in [7, 11) is -3.66. The van der Waals surface area contributed by atoms with Gasteiger partial charge in [0.25, 0.3) is 0 Å². The number of fused-ring (bicyclic) bond motifs is 1. The van der Waals surface area contributed by atoms with E-state index in [0.717, 1.165) is 33.9 Å². The summed E-state index contributed by atoms with van der Waals surface area (Å²) in [5.41, 5.74) is 2.52. The molecule has 0 fully saturated rings. The molecule has 1 N–H and O–H groups in total. The maximum Gasteiger partial charge on any atom is 0.244 e. The van der Waals surface area contributed by atoms with Crippen LogP contribution in [0.1, 0.15) is 24.5 Å². The molecule has 0 unspecified atom stereocenters. The number of amides is 1. The molecule has 170 valence electrons. The van der Waals surface area contributed by atoms with Gasteiger partial charge in [0, 0.05) is 5.39 Å². The molecule has 0 spiro atoms. The molecule has 3 aromatic carbocycles. The van der Waals surface area contributed by atoms with Crippen LogP contribution < -0.4 is 14.4 Å². The minimum Gasteiger partial charge on any atom is -0.491 e. The number of carbonyl (C=O) groups is 1. The molecule has 0 saturated carbocycles. The number of nitrogens with one attached hydrogen (secondary N) is 1. The first-order valence-corrected chi connectivity index (χ1v) is 12.5. The molecule has 7 heteroatoms. The number of hydrogen-bond donors (Lipinski definition) is 1. The number of anilines is 1. The fourth-order valence-corrected chi connectivity index (χ4v) is 4.90. The second-order valence-electron chi connectivity index (χ2n) is 7.87. The van der Waals surface area contributed by atoms with Gasteiger partial charge in [-0.05, 0) is 55.0 Å². The lowest BCUT2D eigenvalue weighted by Crippen LogP contribution is -2.50. The zero-order valence-corrected chi connectivity index (χ0v) is 19.8. The van der Waals surface area contributed by atoms with Crippen LogP contribution in [0.5, 0.6) is 5.75 Å². The fourth-order valence-electron chi connectivity index (χ4n) is 3.70. The Balaban J connectivity index is 1.69. The van der Waals surface area contributed by atoms with E-state index in [-0.39, 0.29) is 19.1 Å². The van der Waals surface area contributed by atoms with Gasteiger partial charge in [0.05, 0.1) is 18.5 Å². The van der Waals surface area contributed by atoms with E-state index in [4.69, 9.17) is 4.74 Å². The standard InChI is InChI=1S/C25H30N2O4S/c1-5-23(27(32(4,29)30)21-14-13-18(2)19(3)17-21)25(28)26-15-16-31-24-12-8-10-20-9-6-7-11-22(20)24/h6-14,17,23H,5,15-16H2,1-4H3,(H,26,28)/t23-/m1/s1. The Hall–Kier alpha value is -3.06. The van der Waals surface area contributed by atoms with E-state index in [1.54, 1.807) is 19.1 Å². The van der Waals surface area contributed by atoms with Crippen LogP contribution >= 0.6 is 0 Å². The van der Waals surface area contributed by atoms with Crippen molar-refractivity contribution in [3.63, 3.8) is 0 Å². The van der Waals surface area contributed by atoms with Crippen LogP contribution in [0.25, 0.3) is 10.8 Å². The van der Waals surface area contributed by atoms with Crippen molar-refractivity contribution in [2.75, 3.05) is 23.7 Å². The zero-order valence-electron chi connectivity index (χ0n) is 19.0. The molecule has 6 nitrogen and oxygen atoms in total. The van der Waals surface area contributed by atoms with Crippen LogP contribution in [-0.4, -0.2) is 39.8 Å². The van der Waals surface area contributed by atoms with Crippen molar-refractivity contribution in [2.45, 2.75) is 33.2 Å². The minimum atomic E-state index is -3.66. The fraction of sp³-hybridized carbons (Fsp3) is 0.320. The van der Waals surface area contributed by atoms with Crippen molar-refractivity contribution in [2.24, 2.45) is 0 Å². The Kier molecular flexibility index (Phi) is 7.40. The topological polar surface area (TPSA) is 75.7 Å². The first kappa shape index (κ1) is 23.6. The van der Waals surface area contributed by atoms with E-state index in [9.17, 15) is 13.2 Å². The van der Waals surface area contributed by atoms with Gasteiger partial charge >= 0.3 is 0 Å². The second-order valence-corrected chi connectivity index (χ2v) is 9.73. The highest BCUT2D eigenvalue weighted by atomic mass is 32.2. The summed E-state index contributed by atoms with van der Waals surface area (Å²) in [6, 6.07) is 18.3. The quantitative estimate of drug-likeness (QED) is 0.492. The Morgan fingerprint density at radius 3 is 2.44 bits per heavy atom. The molecule has 0 aliphatic rings. The number of sulfonamides is 1. The molecule has 32 heavy (non-hydrogen) atoms. The van der Waals surface area contributed by atoms with E-state index in [2.05, 4.69) is 5.32 Å². The number of aryl methyl sites for hydroxylation is 2. The summed E-state index contributed by atoms with van der Waals surface area (Å²) in [5.74, 6) is 0.398. The summed E-state index contributed by atoms with van der Waals surface area (Å²) in [6.45, 7) is 6.23. The van der Waals surface area contributed by atoms with Gasteiger partial charge in [-0.1, -0.05) is 49.4 Å². The van der Waals surface area contributed by atoms with Gasteiger partial charge in [0.2, 0.25) is 15.9 Å². The molecule has 3 rings (SSSR count). The van der Waals surface area contributed by atoms with Gasteiger partial charge in [0.15, 0.2) is 0 Å². The number of hydrogen-bond acceptors (Lipinski definition) is 4. The van der Waals surface area contributed by atoms with Crippen LogP contribution in [0, 0.1) is 13.8 Å². The van der Waals surface area contributed by atoms with Crippen LogP contribution in [0.2, 0.25) is 0 Å². The third-order valence-corrected chi connectivity index (χ3v) is 6.66. The normalized spacial score (nSPS) is 12.4. The minimum absolute atomic E-state index is 0.267. The van der Waals surface area contributed by atoms with Gasteiger partial charge in [-0.2, -0.15) is 0 Å². The number of benzene rings is 3. The molecule has 0 aromatic heterocycles. The van der Waals surface area contributed by atoms with Gasteiger partial charge in [-0.15, -0.1) is 0 Å². The highest BCUT2D eigenvalue weighted by Crippen LogP contribution is 2.26. The van der Waals surface area contributed by atoms with Gasteiger partial charge in [0.1, 0.15) is 18.4 Å². The Labute approximate surface area is 190 Å². The first-order valence-electron chi connectivity index (χ1n) is 10.7. The highest BCUT2D eigenvalue weighted by Gasteiger charge is 2.31. The second kappa shape index (κ2) is 10.0. The van der Waals surface area contributed by atoms with Crippen molar-refractivity contribution >= 4 is 32.4 Å². The van der Waals surface area contributed by atoms with Crippen molar-refractivity contribution < 1.29 is 17.9 Å². The summed E-state index contributed by atoms with van der Waals surface area (Å²) < 4.78 is 32.3. The van der Waals surface area contributed by atoms with Crippen molar-refractivity contribution in [1.29, 1.82) is 0 Å². The largest absolute Gasteiger partial charge is 0.491 e. The third-order valence-electron chi connectivity index (χ3n) is 5.48. The Morgan fingerprint density at radius 1 is 1.03 bits per heavy atom. The molecule has 3 aromatic rings. The predicted octanol–water partition coefficient (Wildman–Crippen LogP) is 4.20.